The van der Waals surface area contributed by atoms with E-state index in [2.05, 4.69) is 42.2 Å². The Morgan fingerprint density at radius 3 is 2.44 bits per heavy atom. The zero-order valence-electron chi connectivity index (χ0n) is 10.4. The minimum absolute atomic E-state index is 0.773. The predicted molar refractivity (Wildman–Crippen MR) is 69.6 cm³/mol. The summed E-state index contributed by atoms with van der Waals surface area (Å²) in [5.74, 6) is 0. The normalized spacial score (nSPS) is 18.8. The molecule has 0 aliphatic carbocycles. The van der Waals surface area contributed by atoms with E-state index in [1.54, 1.807) is 0 Å². The molecule has 0 bridgehead atoms. The summed E-state index contributed by atoms with van der Waals surface area (Å²) < 4.78 is 0. The van der Waals surface area contributed by atoms with Crippen LogP contribution in [0.1, 0.15) is 38.2 Å². The molecule has 0 unspecified atom stereocenters. The van der Waals surface area contributed by atoms with Gasteiger partial charge in [-0.25, -0.2) is 0 Å². The monoisotopic (exact) mass is 217 g/mol. The number of hydrogen-bond donors (Lipinski definition) is 0. The molecule has 0 aromatic heterocycles. The number of likely N-dealkylation sites (tertiary alicyclic amines) is 1. The lowest BCUT2D eigenvalue weighted by Crippen LogP contribution is -2.34. The van der Waals surface area contributed by atoms with Crippen molar-refractivity contribution < 1.29 is 0 Å². The molecular formula is C15H23N. The maximum Gasteiger partial charge on any atom is 0.0136 e. The van der Waals surface area contributed by atoms with Gasteiger partial charge in [-0.3, -0.25) is 0 Å². The lowest BCUT2D eigenvalue weighted by molar-refractivity contribution is 0.227. The fourth-order valence-electron chi connectivity index (χ4n) is 2.74. The van der Waals surface area contributed by atoms with Gasteiger partial charge in [0.15, 0.2) is 0 Å². The second-order valence-electron chi connectivity index (χ2n) is 4.88. The smallest absolute Gasteiger partial charge is 0.0136 e. The molecule has 0 amide bonds. The Morgan fingerprint density at radius 1 is 1.12 bits per heavy atom. The Labute approximate surface area is 99.5 Å². The second kappa shape index (κ2) is 6.05. The van der Waals surface area contributed by atoms with Crippen molar-refractivity contribution in [3.63, 3.8) is 0 Å². The third kappa shape index (κ3) is 3.08. The predicted octanol–water partition coefficient (Wildman–Crippen LogP) is 3.49. The van der Waals surface area contributed by atoms with Crippen LogP contribution in [0.5, 0.6) is 0 Å². The van der Waals surface area contributed by atoms with Crippen molar-refractivity contribution in [1.82, 2.24) is 4.90 Å². The molecule has 1 fully saturated rings. The van der Waals surface area contributed by atoms with Gasteiger partial charge in [0.05, 0.1) is 0 Å². The first-order valence-corrected chi connectivity index (χ1v) is 6.68. The third-order valence-corrected chi connectivity index (χ3v) is 3.59. The molecule has 1 aromatic rings. The van der Waals surface area contributed by atoms with E-state index in [4.69, 9.17) is 0 Å². The van der Waals surface area contributed by atoms with Gasteiger partial charge in [-0.05, 0) is 44.3 Å². The van der Waals surface area contributed by atoms with E-state index in [1.165, 1.54) is 50.8 Å². The van der Waals surface area contributed by atoms with Crippen molar-refractivity contribution >= 4 is 0 Å². The summed E-state index contributed by atoms with van der Waals surface area (Å²) in [4.78, 5) is 2.69. The lowest BCUT2D eigenvalue weighted by atomic mass is 10.0. The van der Waals surface area contributed by atoms with Crippen LogP contribution in [0, 0.1) is 0 Å². The van der Waals surface area contributed by atoms with Gasteiger partial charge >= 0.3 is 0 Å². The highest BCUT2D eigenvalue weighted by atomic mass is 15.2. The van der Waals surface area contributed by atoms with Gasteiger partial charge in [-0.2, -0.15) is 0 Å². The van der Waals surface area contributed by atoms with Gasteiger partial charge in [0.2, 0.25) is 0 Å². The van der Waals surface area contributed by atoms with E-state index in [1.807, 2.05) is 0 Å². The van der Waals surface area contributed by atoms with Crippen molar-refractivity contribution in [2.75, 3.05) is 13.1 Å². The molecule has 0 N–H and O–H groups in total. The van der Waals surface area contributed by atoms with Crippen LogP contribution in [0.4, 0.5) is 0 Å². The van der Waals surface area contributed by atoms with Gasteiger partial charge in [0.25, 0.3) is 0 Å². The van der Waals surface area contributed by atoms with Gasteiger partial charge < -0.3 is 4.90 Å². The van der Waals surface area contributed by atoms with E-state index in [-0.39, 0.29) is 0 Å². The highest BCUT2D eigenvalue weighted by molar-refractivity contribution is 5.16. The molecule has 0 spiro atoms. The molecule has 0 saturated carbocycles. The van der Waals surface area contributed by atoms with Crippen molar-refractivity contribution in [3.05, 3.63) is 35.9 Å². The van der Waals surface area contributed by atoms with Crippen LogP contribution < -0.4 is 0 Å². The van der Waals surface area contributed by atoms with Crippen LogP contribution in [0.2, 0.25) is 0 Å². The Morgan fingerprint density at radius 2 is 1.81 bits per heavy atom. The van der Waals surface area contributed by atoms with E-state index in [0.717, 1.165) is 6.04 Å². The van der Waals surface area contributed by atoms with Crippen molar-refractivity contribution in [2.24, 2.45) is 0 Å². The Bertz CT molecular complexity index is 288. The fraction of sp³-hybridized carbons (Fsp3) is 0.600. The number of benzene rings is 1. The van der Waals surface area contributed by atoms with Gasteiger partial charge in [-0.15, -0.1) is 0 Å². The van der Waals surface area contributed by atoms with E-state index in [9.17, 15) is 0 Å². The van der Waals surface area contributed by atoms with Gasteiger partial charge in [0.1, 0.15) is 0 Å². The van der Waals surface area contributed by atoms with Crippen LogP contribution in [0.3, 0.4) is 0 Å². The van der Waals surface area contributed by atoms with Crippen molar-refractivity contribution in [1.29, 1.82) is 0 Å². The minimum Gasteiger partial charge on any atom is -0.300 e. The molecule has 16 heavy (non-hydrogen) atoms. The highest BCUT2D eigenvalue weighted by Crippen LogP contribution is 2.19. The number of rotatable bonds is 5. The fourth-order valence-corrected chi connectivity index (χ4v) is 2.74. The second-order valence-corrected chi connectivity index (χ2v) is 4.88. The summed E-state index contributed by atoms with van der Waals surface area (Å²) in [6.45, 7) is 4.93. The summed E-state index contributed by atoms with van der Waals surface area (Å²) in [6.07, 6.45) is 6.67. The largest absolute Gasteiger partial charge is 0.300 e. The maximum absolute atomic E-state index is 2.69. The molecule has 1 nitrogen and oxygen atoms in total. The Balaban J connectivity index is 1.96. The molecule has 1 aliphatic rings. The van der Waals surface area contributed by atoms with E-state index < -0.39 is 0 Å². The van der Waals surface area contributed by atoms with Gasteiger partial charge in [0, 0.05) is 6.04 Å². The quantitative estimate of drug-likeness (QED) is 0.729. The summed E-state index contributed by atoms with van der Waals surface area (Å²) in [7, 11) is 0. The first-order valence-electron chi connectivity index (χ1n) is 6.68. The van der Waals surface area contributed by atoms with Crippen LogP contribution in [0.25, 0.3) is 0 Å². The molecule has 1 heterocycles. The average molecular weight is 217 g/mol. The molecule has 1 aromatic carbocycles. The van der Waals surface area contributed by atoms with Crippen LogP contribution in [-0.2, 0) is 6.42 Å². The SMILES string of the molecule is CCC[C@@H](Cc1ccccc1)N1CCCC1. The standard InChI is InChI=1S/C15H23N/c1-2-8-15(16-11-6-7-12-16)13-14-9-4-3-5-10-14/h3-5,9-10,15H,2,6-8,11-13H2,1H3/t15-/m0/s1. The summed E-state index contributed by atoms with van der Waals surface area (Å²) >= 11 is 0. The number of hydrogen-bond acceptors (Lipinski definition) is 1. The molecule has 1 aliphatic heterocycles. The highest BCUT2D eigenvalue weighted by Gasteiger charge is 2.20. The first-order chi connectivity index (χ1) is 7.90. The summed E-state index contributed by atoms with van der Waals surface area (Å²) in [6, 6.07) is 11.7. The molecule has 2 rings (SSSR count). The van der Waals surface area contributed by atoms with E-state index in [0.29, 0.717) is 0 Å². The van der Waals surface area contributed by atoms with E-state index >= 15 is 0 Å². The lowest BCUT2D eigenvalue weighted by Gasteiger charge is -2.27. The maximum atomic E-state index is 2.69. The van der Waals surface area contributed by atoms with Crippen molar-refractivity contribution in [3.8, 4) is 0 Å². The third-order valence-electron chi connectivity index (χ3n) is 3.59. The van der Waals surface area contributed by atoms with Crippen LogP contribution >= 0.6 is 0 Å². The topological polar surface area (TPSA) is 3.24 Å². The van der Waals surface area contributed by atoms with Crippen LogP contribution in [0.15, 0.2) is 30.3 Å². The molecule has 1 heteroatoms. The first kappa shape index (κ1) is 11.7. The minimum atomic E-state index is 0.773. The van der Waals surface area contributed by atoms with Gasteiger partial charge in [-0.1, -0.05) is 43.7 Å². The number of nitrogens with zero attached hydrogens (tertiary/aromatic N) is 1. The van der Waals surface area contributed by atoms with Crippen LogP contribution in [-0.4, -0.2) is 24.0 Å². The molecular weight excluding hydrogens is 194 g/mol. The summed E-state index contributed by atoms with van der Waals surface area (Å²) in [5.41, 5.74) is 1.49. The average Bonchev–Trinajstić information content (AvgIpc) is 2.83. The molecule has 1 atom stereocenters. The zero-order chi connectivity index (χ0) is 11.2. The zero-order valence-corrected chi connectivity index (χ0v) is 10.4. The Hall–Kier alpha value is -0.820. The molecule has 1 saturated heterocycles. The Kier molecular flexibility index (Phi) is 4.41. The van der Waals surface area contributed by atoms with Crippen molar-refractivity contribution in [2.45, 2.75) is 45.1 Å². The molecule has 88 valence electrons. The summed E-state index contributed by atoms with van der Waals surface area (Å²) in [5, 5.41) is 0. The molecule has 0 radical (unpaired) electrons.